The van der Waals surface area contributed by atoms with Crippen LogP contribution >= 0.6 is 38.9 Å². The van der Waals surface area contributed by atoms with Crippen molar-refractivity contribution in [3.05, 3.63) is 130 Å². The van der Waals surface area contributed by atoms with Gasteiger partial charge in [0.2, 0.25) is 0 Å². The Hall–Kier alpha value is -3.92. The normalized spacial score (nSPS) is 14.9. The van der Waals surface area contributed by atoms with E-state index in [4.69, 9.17) is 26.1 Å². The van der Waals surface area contributed by atoms with E-state index in [2.05, 4.69) is 38.8 Å². The van der Waals surface area contributed by atoms with Crippen molar-refractivity contribution in [3.8, 4) is 5.75 Å². The van der Waals surface area contributed by atoms with Crippen molar-refractivity contribution < 1.29 is 14.3 Å². The maximum atomic E-state index is 14.4. The highest BCUT2D eigenvalue weighted by atomic mass is 79.9. The van der Waals surface area contributed by atoms with Gasteiger partial charge in [-0.15, -0.1) is 0 Å². The average molecular weight is 705 g/mol. The Morgan fingerprint density at radius 1 is 1.11 bits per heavy atom. The molecule has 1 atom stereocenters. The Labute approximate surface area is 277 Å². The third-order valence-electron chi connectivity index (χ3n) is 7.73. The van der Waals surface area contributed by atoms with Gasteiger partial charge in [0.25, 0.3) is 5.56 Å². The second kappa shape index (κ2) is 13.2. The van der Waals surface area contributed by atoms with Gasteiger partial charge in [0.1, 0.15) is 11.8 Å². The number of aromatic nitrogens is 2. The number of para-hydroxylation sites is 1. The topological polar surface area (TPSA) is 74.8 Å². The average Bonchev–Trinajstić information content (AvgIpc) is 3.53. The van der Waals surface area contributed by atoms with Crippen LogP contribution in [-0.4, -0.2) is 28.8 Å². The SMILES string of the molecule is CCCC1=C(C(=O)OCC)[C@H](c2cc(Br)ccc2OC)n2c(s/c(=C/c3cn(Cc4cccc(Cl)c4)c4ccccc34)c2=O)=N1. The number of halogens is 2. The van der Waals surface area contributed by atoms with Crippen molar-refractivity contribution >= 4 is 61.8 Å². The highest BCUT2D eigenvalue weighted by Crippen LogP contribution is 2.38. The van der Waals surface area contributed by atoms with Crippen molar-refractivity contribution in [2.24, 2.45) is 4.99 Å². The van der Waals surface area contributed by atoms with E-state index in [0.29, 0.717) is 49.9 Å². The lowest BCUT2D eigenvalue weighted by atomic mass is 9.93. The first-order valence-corrected chi connectivity index (χ1v) is 16.7. The van der Waals surface area contributed by atoms with Gasteiger partial charge in [0, 0.05) is 44.3 Å². The summed E-state index contributed by atoms with van der Waals surface area (Å²) in [5.41, 5.74) is 4.43. The van der Waals surface area contributed by atoms with Crippen LogP contribution in [0.15, 0.2) is 98.5 Å². The number of hydrogen-bond donors (Lipinski definition) is 0. The molecule has 0 amide bonds. The minimum Gasteiger partial charge on any atom is -0.496 e. The number of fused-ring (bicyclic) bond motifs is 2. The Morgan fingerprint density at radius 2 is 1.93 bits per heavy atom. The van der Waals surface area contributed by atoms with Crippen LogP contribution in [0.25, 0.3) is 17.0 Å². The summed E-state index contributed by atoms with van der Waals surface area (Å²) in [5.74, 6) is 0.0662. The molecule has 45 heavy (non-hydrogen) atoms. The summed E-state index contributed by atoms with van der Waals surface area (Å²) in [6, 6.07) is 20.7. The number of allylic oxidation sites excluding steroid dienone is 1. The molecule has 0 aliphatic carbocycles. The van der Waals surface area contributed by atoms with E-state index in [0.717, 1.165) is 32.9 Å². The molecule has 0 unspecified atom stereocenters. The number of ether oxygens (including phenoxy) is 2. The smallest absolute Gasteiger partial charge is 0.338 e. The minimum atomic E-state index is -0.777. The molecule has 0 radical (unpaired) electrons. The number of hydrogen-bond acceptors (Lipinski definition) is 6. The summed E-state index contributed by atoms with van der Waals surface area (Å²) in [5, 5.41) is 1.71. The predicted octanol–water partition coefficient (Wildman–Crippen LogP) is 7.01. The third kappa shape index (κ3) is 6.04. The molecular formula is C35H31BrClN3O4S. The Kier molecular flexibility index (Phi) is 9.12. The van der Waals surface area contributed by atoms with E-state index in [1.54, 1.807) is 18.6 Å². The predicted molar refractivity (Wildman–Crippen MR) is 183 cm³/mol. The van der Waals surface area contributed by atoms with E-state index < -0.39 is 12.0 Å². The molecule has 5 aromatic rings. The van der Waals surface area contributed by atoms with E-state index in [1.807, 2.05) is 67.6 Å². The summed E-state index contributed by atoms with van der Waals surface area (Å²) in [6.45, 7) is 4.63. The first-order valence-electron chi connectivity index (χ1n) is 14.7. The first-order chi connectivity index (χ1) is 21.8. The molecular weight excluding hydrogens is 674 g/mol. The lowest BCUT2D eigenvalue weighted by molar-refractivity contribution is -0.139. The second-order valence-electron chi connectivity index (χ2n) is 10.7. The zero-order chi connectivity index (χ0) is 31.7. The van der Waals surface area contributed by atoms with Gasteiger partial charge < -0.3 is 14.0 Å². The third-order valence-corrected chi connectivity index (χ3v) is 9.44. The van der Waals surface area contributed by atoms with Crippen LogP contribution in [-0.2, 0) is 16.1 Å². The molecule has 1 aliphatic rings. The summed E-state index contributed by atoms with van der Waals surface area (Å²) >= 11 is 11.2. The van der Waals surface area contributed by atoms with Crippen LogP contribution in [0, 0.1) is 0 Å². The molecule has 0 fully saturated rings. The van der Waals surface area contributed by atoms with Gasteiger partial charge in [0.05, 0.1) is 29.5 Å². The number of nitrogens with zero attached hydrogens (tertiary/aromatic N) is 3. The number of carbonyl (C=O) groups is 1. The van der Waals surface area contributed by atoms with Crippen LogP contribution in [0.1, 0.15) is 49.4 Å². The zero-order valence-corrected chi connectivity index (χ0v) is 28.2. The summed E-state index contributed by atoms with van der Waals surface area (Å²) in [4.78, 5) is 33.4. The van der Waals surface area contributed by atoms with Crippen molar-refractivity contribution in [1.29, 1.82) is 0 Å². The van der Waals surface area contributed by atoms with Gasteiger partial charge in [-0.3, -0.25) is 9.36 Å². The van der Waals surface area contributed by atoms with Crippen LogP contribution in [0.4, 0.5) is 0 Å². The maximum absolute atomic E-state index is 14.4. The maximum Gasteiger partial charge on any atom is 0.338 e. The van der Waals surface area contributed by atoms with Crippen LogP contribution in [0.2, 0.25) is 5.02 Å². The van der Waals surface area contributed by atoms with E-state index in [-0.39, 0.29) is 12.2 Å². The number of thiazole rings is 1. The monoisotopic (exact) mass is 703 g/mol. The second-order valence-corrected chi connectivity index (χ2v) is 13.0. The largest absolute Gasteiger partial charge is 0.496 e. The molecule has 10 heteroatoms. The molecule has 230 valence electrons. The number of rotatable bonds is 9. The van der Waals surface area contributed by atoms with Gasteiger partial charge in [-0.25, -0.2) is 9.79 Å². The molecule has 7 nitrogen and oxygen atoms in total. The summed E-state index contributed by atoms with van der Waals surface area (Å²) in [6.07, 6.45) is 5.31. The number of esters is 1. The fraction of sp³-hybridized carbons (Fsp3) is 0.229. The summed E-state index contributed by atoms with van der Waals surface area (Å²) < 4.78 is 16.4. The molecule has 3 heterocycles. The highest BCUT2D eigenvalue weighted by molar-refractivity contribution is 9.10. The Morgan fingerprint density at radius 3 is 2.69 bits per heavy atom. The number of carbonyl (C=O) groups excluding carboxylic acids is 1. The van der Waals surface area contributed by atoms with Crippen molar-refractivity contribution in [3.63, 3.8) is 0 Å². The van der Waals surface area contributed by atoms with Crippen LogP contribution < -0.4 is 19.6 Å². The van der Waals surface area contributed by atoms with Gasteiger partial charge in [-0.1, -0.05) is 82.5 Å². The number of methoxy groups -OCH3 is 1. The summed E-state index contributed by atoms with van der Waals surface area (Å²) in [7, 11) is 1.58. The quantitative estimate of drug-likeness (QED) is 0.155. The molecule has 3 aromatic carbocycles. The van der Waals surface area contributed by atoms with E-state index in [9.17, 15) is 9.59 Å². The lowest BCUT2D eigenvalue weighted by Crippen LogP contribution is -2.40. The molecule has 0 saturated carbocycles. The molecule has 0 bridgehead atoms. The lowest BCUT2D eigenvalue weighted by Gasteiger charge is -2.27. The molecule has 0 spiro atoms. The Bertz CT molecular complexity index is 2150. The molecule has 0 saturated heterocycles. The fourth-order valence-corrected chi connectivity index (χ4v) is 7.43. The van der Waals surface area contributed by atoms with Crippen molar-refractivity contribution in [2.45, 2.75) is 39.3 Å². The van der Waals surface area contributed by atoms with Crippen LogP contribution in [0.3, 0.4) is 0 Å². The molecule has 0 N–H and O–H groups in total. The number of benzene rings is 3. The van der Waals surface area contributed by atoms with Gasteiger partial charge >= 0.3 is 5.97 Å². The van der Waals surface area contributed by atoms with Crippen molar-refractivity contribution in [1.82, 2.24) is 9.13 Å². The van der Waals surface area contributed by atoms with Gasteiger partial charge in [0.15, 0.2) is 4.80 Å². The zero-order valence-electron chi connectivity index (χ0n) is 25.1. The minimum absolute atomic E-state index is 0.202. The molecule has 1 aliphatic heterocycles. The molecule has 2 aromatic heterocycles. The van der Waals surface area contributed by atoms with E-state index >= 15 is 0 Å². The van der Waals surface area contributed by atoms with Gasteiger partial charge in [-0.2, -0.15) is 0 Å². The van der Waals surface area contributed by atoms with E-state index in [1.165, 1.54) is 11.3 Å². The van der Waals surface area contributed by atoms with Crippen LogP contribution in [0.5, 0.6) is 5.75 Å². The fourth-order valence-electron chi connectivity index (χ4n) is 5.83. The first kappa shape index (κ1) is 31.1. The van der Waals surface area contributed by atoms with Gasteiger partial charge in [-0.05, 0) is 61.4 Å². The van der Waals surface area contributed by atoms with Crippen molar-refractivity contribution in [2.75, 3.05) is 13.7 Å². The highest BCUT2D eigenvalue weighted by Gasteiger charge is 2.36. The molecule has 6 rings (SSSR count). The Balaban J connectivity index is 1.57. The standard InChI is InChI=1S/C35H31BrClN3O4S/c1-4-9-27-31(34(42)44-5-2)32(26-18-23(36)14-15-29(26)43-3)40-33(41)30(45-35(40)38-27)17-22-20-39(28-13-7-6-12-25(22)28)19-21-10-8-11-24(37)16-21/h6-8,10-18,20,32H,4-5,9,19H2,1-3H3/b30-17+/t32-/m0/s1.